The lowest BCUT2D eigenvalue weighted by Crippen LogP contribution is -2.42. The number of hydrogen-bond acceptors (Lipinski definition) is 4. The van der Waals surface area contributed by atoms with Crippen LogP contribution in [0.25, 0.3) is 0 Å². The summed E-state index contributed by atoms with van der Waals surface area (Å²) in [6.45, 7) is 4.31. The van der Waals surface area contributed by atoms with Gasteiger partial charge in [-0.15, -0.1) is 0 Å². The minimum atomic E-state index is -4.39. The second-order valence-corrected chi connectivity index (χ2v) is 7.03. The van der Waals surface area contributed by atoms with E-state index in [1.165, 1.54) is 19.2 Å². The summed E-state index contributed by atoms with van der Waals surface area (Å²) in [5, 5.41) is 3.18. The zero-order chi connectivity index (χ0) is 21.4. The first-order valence-corrected chi connectivity index (χ1v) is 9.42. The Balaban J connectivity index is 2.09. The van der Waals surface area contributed by atoms with Gasteiger partial charge in [-0.25, -0.2) is 0 Å². The van der Waals surface area contributed by atoms with Crippen molar-refractivity contribution in [1.82, 2.24) is 5.32 Å². The van der Waals surface area contributed by atoms with Crippen molar-refractivity contribution in [3.63, 3.8) is 0 Å². The molecule has 0 saturated carbocycles. The number of benzene rings is 2. The maximum absolute atomic E-state index is 12.8. The monoisotopic (exact) mass is 409 g/mol. The van der Waals surface area contributed by atoms with Crippen LogP contribution in [0, 0.1) is 5.92 Å². The first kappa shape index (κ1) is 22.7. The molecule has 0 aliphatic rings. The lowest BCUT2D eigenvalue weighted by molar-refractivity contribution is -0.144. The highest BCUT2D eigenvalue weighted by Gasteiger charge is 2.30. The lowest BCUT2D eigenvalue weighted by Gasteiger charge is -2.23. The first-order chi connectivity index (χ1) is 13.7. The fourth-order valence-electron chi connectivity index (χ4n) is 2.94. The van der Waals surface area contributed by atoms with Crippen molar-refractivity contribution in [2.75, 3.05) is 13.7 Å². The topological polar surface area (TPSA) is 47.6 Å². The van der Waals surface area contributed by atoms with Crippen LogP contribution in [0.3, 0.4) is 0 Å². The van der Waals surface area contributed by atoms with Crippen molar-refractivity contribution in [3.8, 4) is 5.75 Å². The van der Waals surface area contributed by atoms with E-state index in [9.17, 15) is 18.0 Å². The standard InChI is InChI=1S/C22H26F3NO3/c1-15(2)20(21(27)28-3)26-14-13-19(16-7-5-4-6-8-16)29-18-11-9-17(10-12-18)22(23,24)25/h4-12,15,19-20,26H,13-14H2,1-3H3/t19?,20-/m0/s1. The Bertz CT molecular complexity index is 761. The summed E-state index contributed by atoms with van der Waals surface area (Å²) in [5.41, 5.74) is 0.175. The van der Waals surface area contributed by atoms with E-state index in [1.807, 2.05) is 44.2 Å². The molecule has 1 unspecified atom stereocenters. The molecule has 0 heterocycles. The van der Waals surface area contributed by atoms with Crippen molar-refractivity contribution in [2.24, 2.45) is 5.92 Å². The predicted molar refractivity (Wildman–Crippen MR) is 105 cm³/mol. The number of alkyl halides is 3. The van der Waals surface area contributed by atoms with Gasteiger partial charge in [-0.2, -0.15) is 13.2 Å². The van der Waals surface area contributed by atoms with Crippen LogP contribution in [-0.4, -0.2) is 25.7 Å². The summed E-state index contributed by atoms with van der Waals surface area (Å²) < 4.78 is 49.1. The molecule has 0 bridgehead atoms. The van der Waals surface area contributed by atoms with Gasteiger partial charge < -0.3 is 14.8 Å². The van der Waals surface area contributed by atoms with Crippen LogP contribution in [0.15, 0.2) is 54.6 Å². The molecule has 4 nitrogen and oxygen atoms in total. The number of rotatable bonds is 9. The summed E-state index contributed by atoms with van der Waals surface area (Å²) in [4.78, 5) is 11.9. The molecular weight excluding hydrogens is 383 g/mol. The summed E-state index contributed by atoms with van der Waals surface area (Å²) in [6, 6.07) is 13.6. The van der Waals surface area contributed by atoms with Crippen molar-refractivity contribution in [3.05, 3.63) is 65.7 Å². The average molecular weight is 409 g/mol. The van der Waals surface area contributed by atoms with Gasteiger partial charge in [0.1, 0.15) is 17.9 Å². The third kappa shape index (κ3) is 6.78. The van der Waals surface area contributed by atoms with E-state index in [-0.39, 0.29) is 18.0 Å². The minimum absolute atomic E-state index is 0.0495. The molecule has 0 fully saturated rings. The molecule has 0 radical (unpaired) electrons. The SMILES string of the molecule is COC(=O)[C@@H](NCCC(Oc1ccc(C(F)(F)F)cc1)c1ccccc1)C(C)C. The van der Waals surface area contributed by atoms with Crippen LogP contribution in [0.1, 0.15) is 37.5 Å². The van der Waals surface area contributed by atoms with E-state index in [0.29, 0.717) is 18.7 Å². The molecule has 158 valence electrons. The number of methoxy groups -OCH3 is 1. The lowest BCUT2D eigenvalue weighted by atomic mass is 10.0. The maximum atomic E-state index is 12.8. The van der Waals surface area contributed by atoms with Crippen LogP contribution >= 0.6 is 0 Å². The number of carbonyl (C=O) groups is 1. The Morgan fingerprint density at radius 3 is 2.17 bits per heavy atom. The third-order valence-electron chi connectivity index (χ3n) is 4.52. The van der Waals surface area contributed by atoms with Crippen molar-refractivity contribution in [2.45, 2.75) is 38.6 Å². The Morgan fingerprint density at radius 1 is 1.03 bits per heavy atom. The quantitative estimate of drug-likeness (QED) is 0.592. The van der Waals surface area contributed by atoms with E-state index in [2.05, 4.69) is 5.32 Å². The maximum Gasteiger partial charge on any atom is 0.416 e. The third-order valence-corrected chi connectivity index (χ3v) is 4.52. The average Bonchev–Trinajstić information content (AvgIpc) is 2.70. The normalized spacial score (nSPS) is 13.8. The van der Waals surface area contributed by atoms with Crippen LogP contribution in [0.4, 0.5) is 13.2 Å². The van der Waals surface area contributed by atoms with E-state index < -0.39 is 17.8 Å². The molecule has 2 aromatic rings. The van der Waals surface area contributed by atoms with Gasteiger partial charge in [0.2, 0.25) is 0 Å². The molecule has 29 heavy (non-hydrogen) atoms. The van der Waals surface area contributed by atoms with Gasteiger partial charge in [0.05, 0.1) is 12.7 Å². The summed E-state index contributed by atoms with van der Waals surface area (Å²) >= 11 is 0. The van der Waals surface area contributed by atoms with E-state index >= 15 is 0 Å². The Kier molecular flexibility index (Phi) is 8.08. The summed E-state index contributed by atoms with van der Waals surface area (Å²) in [7, 11) is 1.35. The minimum Gasteiger partial charge on any atom is -0.486 e. The highest BCUT2D eigenvalue weighted by atomic mass is 19.4. The van der Waals surface area contributed by atoms with Crippen molar-refractivity contribution < 1.29 is 27.4 Å². The molecule has 7 heteroatoms. The molecule has 2 atom stereocenters. The highest BCUT2D eigenvalue weighted by molar-refractivity contribution is 5.75. The molecule has 1 N–H and O–H groups in total. The highest BCUT2D eigenvalue weighted by Crippen LogP contribution is 2.31. The second kappa shape index (κ2) is 10.3. The number of halogens is 3. The molecule has 0 aliphatic carbocycles. The van der Waals surface area contributed by atoms with Crippen LogP contribution < -0.4 is 10.1 Å². The van der Waals surface area contributed by atoms with Crippen LogP contribution in [-0.2, 0) is 15.7 Å². The van der Waals surface area contributed by atoms with Gasteiger partial charge in [0, 0.05) is 6.42 Å². The van der Waals surface area contributed by atoms with Crippen molar-refractivity contribution in [1.29, 1.82) is 0 Å². The number of hydrogen-bond donors (Lipinski definition) is 1. The smallest absolute Gasteiger partial charge is 0.416 e. The molecule has 0 aliphatic heterocycles. The van der Waals surface area contributed by atoms with E-state index in [0.717, 1.165) is 17.7 Å². The largest absolute Gasteiger partial charge is 0.486 e. The van der Waals surface area contributed by atoms with Crippen LogP contribution in [0.2, 0.25) is 0 Å². The molecule has 0 spiro atoms. The van der Waals surface area contributed by atoms with E-state index in [4.69, 9.17) is 9.47 Å². The number of esters is 1. The zero-order valence-corrected chi connectivity index (χ0v) is 16.7. The molecular formula is C22H26F3NO3. The van der Waals surface area contributed by atoms with E-state index in [1.54, 1.807) is 0 Å². The number of carbonyl (C=O) groups excluding carboxylic acids is 1. The van der Waals surface area contributed by atoms with Gasteiger partial charge in [-0.05, 0) is 42.3 Å². The van der Waals surface area contributed by atoms with Gasteiger partial charge in [-0.3, -0.25) is 4.79 Å². The Labute approximate surface area is 169 Å². The molecule has 2 aromatic carbocycles. The van der Waals surface area contributed by atoms with Gasteiger partial charge in [0.15, 0.2) is 0 Å². The summed E-state index contributed by atoms with van der Waals surface area (Å²) in [5.74, 6) is 0.0635. The molecule has 0 saturated heterocycles. The molecule has 2 rings (SSSR count). The predicted octanol–water partition coefficient (Wildman–Crippen LogP) is 5.00. The summed E-state index contributed by atoms with van der Waals surface area (Å²) in [6.07, 6.45) is -4.25. The van der Waals surface area contributed by atoms with Gasteiger partial charge >= 0.3 is 12.1 Å². The van der Waals surface area contributed by atoms with Gasteiger partial charge in [-0.1, -0.05) is 44.2 Å². The van der Waals surface area contributed by atoms with Crippen LogP contribution in [0.5, 0.6) is 5.75 Å². The number of ether oxygens (including phenoxy) is 2. The zero-order valence-electron chi connectivity index (χ0n) is 16.7. The Hall–Kier alpha value is -2.54. The first-order valence-electron chi connectivity index (χ1n) is 9.42. The second-order valence-electron chi connectivity index (χ2n) is 7.03. The fourth-order valence-corrected chi connectivity index (χ4v) is 2.94. The molecule has 0 amide bonds. The number of nitrogens with one attached hydrogen (secondary N) is 1. The fraction of sp³-hybridized carbons (Fsp3) is 0.409. The van der Waals surface area contributed by atoms with Gasteiger partial charge in [0.25, 0.3) is 0 Å². The Morgan fingerprint density at radius 2 is 1.66 bits per heavy atom. The van der Waals surface area contributed by atoms with Crippen molar-refractivity contribution >= 4 is 5.97 Å². The molecule has 0 aromatic heterocycles.